The Hall–Kier alpha value is -1.03. The second-order valence-electron chi connectivity index (χ2n) is 1.84. The summed E-state index contributed by atoms with van der Waals surface area (Å²) in [6, 6.07) is 0. The predicted molar refractivity (Wildman–Crippen MR) is 30.9 cm³/mol. The van der Waals surface area contributed by atoms with Gasteiger partial charge in [0, 0.05) is 6.20 Å². The van der Waals surface area contributed by atoms with Gasteiger partial charge in [-0.3, -0.25) is 5.10 Å². The largest absolute Gasteiger partial charge is 0.492 e. The minimum absolute atomic E-state index is 0.134. The molecular formula is C5H8N2O2. The van der Waals surface area contributed by atoms with Crippen LogP contribution >= 0.6 is 0 Å². The first-order valence-corrected chi connectivity index (χ1v) is 2.62. The van der Waals surface area contributed by atoms with E-state index < -0.39 is 6.10 Å². The van der Waals surface area contributed by atoms with Crippen LogP contribution in [-0.2, 0) is 0 Å². The van der Waals surface area contributed by atoms with Gasteiger partial charge in [0.15, 0.2) is 0 Å². The molecule has 0 saturated heterocycles. The van der Waals surface area contributed by atoms with Crippen molar-refractivity contribution in [2.45, 2.75) is 13.0 Å². The third kappa shape index (κ3) is 1.02. The molecule has 1 unspecified atom stereocenters. The number of rotatable bonds is 1. The van der Waals surface area contributed by atoms with Crippen LogP contribution in [0.25, 0.3) is 0 Å². The molecule has 0 aliphatic rings. The second-order valence-corrected chi connectivity index (χ2v) is 1.84. The maximum Gasteiger partial charge on any atom is 0.235 e. The molecular weight excluding hydrogens is 120 g/mol. The fourth-order valence-electron chi connectivity index (χ4n) is 0.599. The predicted octanol–water partition coefficient (Wildman–Crippen LogP) is 0.169. The number of aliphatic hydroxyl groups excluding tert-OH is 1. The summed E-state index contributed by atoms with van der Waals surface area (Å²) in [6.45, 7) is 1.56. The fourth-order valence-corrected chi connectivity index (χ4v) is 0.599. The van der Waals surface area contributed by atoms with E-state index in [0.717, 1.165) is 0 Å². The zero-order valence-corrected chi connectivity index (χ0v) is 5.00. The van der Waals surface area contributed by atoms with Gasteiger partial charge in [0.25, 0.3) is 0 Å². The summed E-state index contributed by atoms with van der Waals surface area (Å²) >= 11 is 0. The summed E-state index contributed by atoms with van der Waals surface area (Å²) in [6.07, 6.45) is 0.795. The first-order valence-electron chi connectivity index (χ1n) is 2.62. The maximum absolute atomic E-state index is 8.87. The Kier molecular flexibility index (Phi) is 1.40. The lowest BCUT2D eigenvalue weighted by Gasteiger charge is -1.97. The summed E-state index contributed by atoms with van der Waals surface area (Å²) in [5.41, 5.74) is 0.426. The van der Waals surface area contributed by atoms with Gasteiger partial charge in [-0.1, -0.05) is 0 Å². The quantitative estimate of drug-likeness (QED) is 0.505. The maximum atomic E-state index is 8.87. The Morgan fingerprint density at radius 1 is 1.78 bits per heavy atom. The number of hydrogen-bond donors (Lipinski definition) is 3. The van der Waals surface area contributed by atoms with Crippen LogP contribution in [0.2, 0.25) is 0 Å². The third-order valence-corrected chi connectivity index (χ3v) is 1.10. The average Bonchev–Trinajstić information content (AvgIpc) is 2.13. The zero-order chi connectivity index (χ0) is 6.85. The molecule has 1 heterocycles. The molecule has 1 aromatic rings. The third-order valence-electron chi connectivity index (χ3n) is 1.10. The molecule has 0 saturated carbocycles. The Labute approximate surface area is 52.1 Å². The molecule has 4 heteroatoms. The van der Waals surface area contributed by atoms with Crippen LogP contribution in [0.3, 0.4) is 0 Å². The van der Waals surface area contributed by atoms with Crippen molar-refractivity contribution in [3.05, 3.63) is 11.8 Å². The Bertz CT molecular complexity index is 195. The average molecular weight is 128 g/mol. The van der Waals surface area contributed by atoms with Crippen molar-refractivity contribution in [2.24, 2.45) is 0 Å². The van der Waals surface area contributed by atoms with E-state index >= 15 is 0 Å². The van der Waals surface area contributed by atoms with Gasteiger partial charge >= 0.3 is 0 Å². The lowest BCUT2D eigenvalue weighted by molar-refractivity contribution is 0.195. The number of nitrogens with one attached hydrogen (secondary N) is 1. The lowest BCUT2D eigenvalue weighted by Crippen LogP contribution is -1.87. The summed E-state index contributed by atoms with van der Waals surface area (Å²) in [5.74, 6) is -0.134. The number of hydrogen-bond acceptors (Lipinski definition) is 3. The Morgan fingerprint density at radius 2 is 2.44 bits per heavy atom. The van der Waals surface area contributed by atoms with Crippen molar-refractivity contribution in [1.82, 2.24) is 10.2 Å². The SMILES string of the molecule is CC(O)c1c[nH]nc1O. The molecule has 0 aliphatic carbocycles. The van der Waals surface area contributed by atoms with Crippen LogP contribution in [-0.4, -0.2) is 20.4 Å². The highest BCUT2D eigenvalue weighted by Gasteiger charge is 2.07. The summed E-state index contributed by atoms with van der Waals surface area (Å²) in [5, 5.41) is 23.5. The van der Waals surface area contributed by atoms with Gasteiger partial charge in [-0.2, -0.15) is 0 Å². The second kappa shape index (κ2) is 2.06. The molecule has 1 rings (SSSR count). The minimum Gasteiger partial charge on any atom is -0.492 e. The number of aromatic nitrogens is 2. The van der Waals surface area contributed by atoms with E-state index in [1.54, 1.807) is 6.92 Å². The molecule has 0 amide bonds. The minimum atomic E-state index is -0.663. The van der Waals surface area contributed by atoms with E-state index in [-0.39, 0.29) is 5.88 Å². The van der Waals surface area contributed by atoms with Crippen LogP contribution in [0.15, 0.2) is 6.20 Å². The molecule has 0 radical (unpaired) electrons. The van der Waals surface area contributed by atoms with Gasteiger partial charge in [-0.05, 0) is 6.92 Å². The first-order chi connectivity index (χ1) is 4.22. The number of H-pyrrole nitrogens is 1. The van der Waals surface area contributed by atoms with Crippen molar-refractivity contribution in [2.75, 3.05) is 0 Å². The normalized spacial score (nSPS) is 13.6. The van der Waals surface area contributed by atoms with Crippen LogP contribution in [0.4, 0.5) is 0 Å². The number of nitrogens with zero attached hydrogens (tertiary/aromatic N) is 1. The highest BCUT2D eigenvalue weighted by Crippen LogP contribution is 2.19. The molecule has 0 bridgehead atoms. The molecule has 50 valence electrons. The van der Waals surface area contributed by atoms with E-state index in [1.165, 1.54) is 6.20 Å². The molecule has 4 nitrogen and oxygen atoms in total. The van der Waals surface area contributed by atoms with Crippen LogP contribution < -0.4 is 0 Å². The molecule has 1 aromatic heterocycles. The van der Waals surface area contributed by atoms with Crippen LogP contribution in [0.5, 0.6) is 5.88 Å². The molecule has 0 aliphatic heterocycles. The molecule has 0 spiro atoms. The van der Waals surface area contributed by atoms with Gasteiger partial charge < -0.3 is 10.2 Å². The van der Waals surface area contributed by atoms with E-state index in [2.05, 4.69) is 10.2 Å². The number of aliphatic hydroxyl groups is 1. The Balaban J connectivity index is 2.94. The highest BCUT2D eigenvalue weighted by atomic mass is 16.3. The molecule has 3 N–H and O–H groups in total. The summed E-state index contributed by atoms with van der Waals surface area (Å²) in [7, 11) is 0. The monoisotopic (exact) mass is 128 g/mol. The number of aromatic hydroxyl groups is 1. The topological polar surface area (TPSA) is 69.1 Å². The van der Waals surface area contributed by atoms with Crippen molar-refractivity contribution >= 4 is 0 Å². The van der Waals surface area contributed by atoms with Crippen molar-refractivity contribution < 1.29 is 10.2 Å². The lowest BCUT2D eigenvalue weighted by atomic mass is 10.2. The van der Waals surface area contributed by atoms with Gasteiger partial charge in [0.1, 0.15) is 0 Å². The van der Waals surface area contributed by atoms with Crippen molar-refractivity contribution in [3.8, 4) is 5.88 Å². The van der Waals surface area contributed by atoms with Gasteiger partial charge in [-0.25, -0.2) is 0 Å². The standard InChI is InChI=1S/C5H8N2O2/c1-3(8)4-2-6-7-5(4)9/h2-3,8H,1H3,(H2,6,7,9). The van der Waals surface area contributed by atoms with Gasteiger partial charge in [-0.15, -0.1) is 5.10 Å². The highest BCUT2D eigenvalue weighted by molar-refractivity contribution is 5.22. The Morgan fingerprint density at radius 3 is 2.67 bits per heavy atom. The van der Waals surface area contributed by atoms with Gasteiger partial charge in [0.05, 0.1) is 11.7 Å². The molecule has 9 heavy (non-hydrogen) atoms. The van der Waals surface area contributed by atoms with E-state index in [9.17, 15) is 0 Å². The first kappa shape index (κ1) is 6.10. The van der Waals surface area contributed by atoms with Crippen LogP contribution in [0, 0.1) is 0 Å². The number of aromatic amines is 1. The zero-order valence-electron chi connectivity index (χ0n) is 5.00. The smallest absolute Gasteiger partial charge is 0.235 e. The molecule has 1 atom stereocenters. The van der Waals surface area contributed by atoms with Gasteiger partial charge in [0.2, 0.25) is 5.88 Å². The van der Waals surface area contributed by atoms with Crippen molar-refractivity contribution in [1.29, 1.82) is 0 Å². The molecule has 0 aromatic carbocycles. The molecule has 0 fully saturated rings. The fraction of sp³-hybridized carbons (Fsp3) is 0.400. The van der Waals surface area contributed by atoms with Crippen molar-refractivity contribution in [3.63, 3.8) is 0 Å². The van der Waals surface area contributed by atoms with E-state index in [4.69, 9.17) is 10.2 Å². The van der Waals surface area contributed by atoms with E-state index in [1.807, 2.05) is 0 Å². The van der Waals surface area contributed by atoms with E-state index in [0.29, 0.717) is 5.56 Å². The van der Waals surface area contributed by atoms with Crippen LogP contribution in [0.1, 0.15) is 18.6 Å². The summed E-state index contributed by atoms with van der Waals surface area (Å²) in [4.78, 5) is 0. The summed E-state index contributed by atoms with van der Waals surface area (Å²) < 4.78 is 0.